The van der Waals surface area contributed by atoms with Gasteiger partial charge in [-0.3, -0.25) is 4.79 Å². The minimum atomic E-state index is -0.284. The zero-order valence-corrected chi connectivity index (χ0v) is 19.0. The van der Waals surface area contributed by atoms with Crippen molar-refractivity contribution in [1.82, 2.24) is 5.32 Å². The summed E-state index contributed by atoms with van der Waals surface area (Å²) in [6.07, 6.45) is 1.51. The molecule has 33 heavy (non-hydrogen) atoms. The van der Waals surface area contributed by atoms with Crippen molar-refractivity contribution in [2.75, 3.05) is 20.8 Å². The van der Waals surface area contributed by atoms with E-state index in [9.17, 15) is 4.79 Å². The highest BCUT2D eigenvalue weighted by molar-refractivity contribution is 5.81. The number of oxime groups is 1. The summed E-state index contributed by atoms with van der Waals surface area (Å²) in [5.74, 6) is 1.64. The lowest BCUT2D eigenvalue weighted by molar-refractivity contribution is -0.126. The van der Waals surface area contributed by atoms with Crippen LogP contribution in [-0.2, 0) is 16.2 Å². The van der Waals surface area contributed by atoms with Crippen LogP contribution in [0.15, 0.2) is 78.0 Å². The molecule has 172 valence electrons. The second kappa shape index (κ2) is 12.1. The molecule has 0 aliphatic rings. The maximum atomic E-state index is 12.2. The van der Waals surface area contributed by atoms with Gasteiger partial charge < -0.3 is 24.4 Å². The van der Waals surface area contributed by atoms with Crippen LogP contribution in [0.2, 0.25) is 0 Å². The molecule has 0 saturated heterocycles. The lowest BCUT2D eigenvalue weighted by atomic mass is 10.1. The Morgan fingerprint density at radius 2 is 1.67 bits per heavy atom. The van der Waals surface area contributed by atoms with Gasteiger partial charge in [0.05, 0.1) is 26.5 Å². The van der Waals surface area contributed by atoms with E-state index in [0.717, 1.165) is 22.4 Å². The van der Waals surface area contributed by atoms with E-state index in [1.807, 2.05) is 73.7 Å². The van der Waals surface area contributed by atoms with E-state index in [2.05, 4.69) is 10.5 Å². The molecule has 0 saturated carbocycles. The monoisotopic (exact) mass is 448 g/mol. The van der Waals surface area contributed by atoms with Crippen LogP contribution in [0.1, 0.15) is 29.7 Å². The predicted octanol–water partition coefficient (Wildman–Crippen LogP) is 4.51. The van der Waals surface area contributed by atoms with Gasteiger partial charge in [0, 0.05) is 11.1 Å². The van der Waals surface area contributed by atoms with Crippen LogP contribution in [0.25, 0.3) is 0 Å². The van der Waals surface area contributed by atoms with Gasteiger partial charge in [0.15, 0.2) is 18.1 Å². The Morgan fingerprint density at radius 3 is 2.42 bits per heavy atom. The summed E-state index contributed by atoms with van der Waals surface area (Å²) in [6, 6.07) is 22.6. The van der Waals surface area contributed by atoms with Crippen LogP contribution < -0.4 is 19.5 Å². The third-order valence-corrected chi connectivity index (χ3v) is 4.88. The lowest BCUT2D eigenvalue weighted by Gasteiger charge is -2.16. The maximum absolute atomic E-state index is 12.2. The van der Waals surface area contributed by atoms with Crippen molar-refractivity contribution in [2.24, 2.45) is 5.16 Å². The molecule has 0 aromatic heterocycles. The van der Waals surface area contributed by atoms with Gasteiger partial charge in [0.1, 0.15) is 12.4 Å². The smallest absolute Gasteiger partial charge is 0.261 e. The number of nitrogens with one attached hydrogen (secondary N) is 1. The second-order valence-corrected chi connectivity index (χ2v) is 7.22. The first kappa shape index (κ1) is 23.7. The van der Waals surface area contributed by atoms with E-state index >= 15 is 0 Å². The largest absolute Gasteiger partial charge is 0.496 e. The van der Waals surface area contributed by atoms with Crippen LogP contribution in [-0.4, -0.2) is 32.9 Å². The quantitative estimate of drug-likeness (QED) is 0.345. The maximum Gasteiger partial charge on any atom is 0.261 e. The topological polar surface area (TPSA) is 78.4 Å². The third kappa shape index (κ3) is 7.00. The van der Waals surface area contributed by atoms with Crippen LogP contribution in [0.4, 0.5) is 0 Å². The summed E-state index contributed by atoms with van der Waals surface area (Å²) in [6.45, 7) is 2.12. The first-order chi connectivity index (χ1) is 16.1. The van der Waals surface area contributed by atoms with E-state index < -0.39 is 0 Å². The number of rotatable bonds is 11. The van der Waals surface area contributed by atoms with Crippen molar-refractivity contribution in [3.63, 3.8) is 0 Å². The number of para-hydroxylation sites is 1. The van der Waals surface area contributed by atoms with Crippen molar-refractivity contribution in [3.05, 3.63) is 89.5 Å². The number of methoxy groups -OCH3 is 2. The first-order valence-corrected chi connectivity index (χ1v) is 10.5. The summed E-state index contributed by atoms with van der Waals surface area (Å²) < 4.78 is 16.6. The highest BCUT2D eigenvalue weighted by atomic mass is 16.6. The minimum Gasteiger partial charge on any atom is -0.496 e. The Balaban J connectivity index is 1.49. The average Bonchev–Trinajstić information content (AvgIpc) is 2.86. The fraction of sp³-hybridized carbons (Fsp3) is 0.231. The van der Waals surface area contributed by atoms with Gasteiger partial charge in [-0.05, 0) is 36.8 Å². The Morgan fingerprint density at radius 1 is 0.939 bits per heavy atom. The van der Waals surface area contributed by atoms with Gasteiger partial charge in [-0.25, -0.2) is 0 Å². The van der Waals surface area contributed by atoms with Crippen molar-refractivity contribution < 1.29 is 23.8 Å². The predicted molar refractivity (Wildman–Crippen MR) is 127 cm³/mol. The van der Waals surface area contributed by atoms with Gasteiger partial charge in [0.2, 0.25) is 0 Å². The molecule has 3 aromatic rings. The fourth-order valence-corrected chi connectivity index (χ4v) is 3.20. The molecule has 0 aliphatic heterocycles. The molecule has 7 heteroatoms. The molecule has 3 rings (SSSR count). The Kier molecular flexibility index (Phi) is 8.71. The Labute approximate surface area is 193 Å². The molecule has 1 unspecified atom stereocenters. The number of hydrogen-bond acceptors (Lipinski definition) is 6. The molecule has 1 amide bonds. The molecule has 0 aliphatic carbocycles. The number of ether oxygens (including phenoxy) is 3. The molecular weight excluding hydrogens is 420 g/mol. The average molecular weight is 449 g/mol. The number of benzene rings is 3. The normalized spacial score (nSPS) is 11.6. The second-order valence-electron chi connectivity index (χ2n) is 7.22. The molecule has 0 bridgehead atoms. The van der Waals surface area contributed by atoms with Gasteiger partial charge in [0.25, 0.3) is 5.91 Å². The van der Waals surface area contributed by atoms with Crippen molar-refractivity contribution in [1.29, 1.82) is 0 Å². The number of carbonyl (C=O) groups excluding carboxylic acids is 1. The van der Waals surface area contributed by atoms with E-state index in [1.54, 1.807) is 20.3 Å². The molecule has 0 radical (unpaired) electrons. The Bertz CT molecular complexity index is 1070. The van der Waals surface area contributed by atoms with Crippen LogP contribution in [0, 0.1) is 0 Å². The number of amides is 1. The van der Waals surface area contributed by atoms with E-state index in [-0.39, 0.29) is 18.6 Å². The molecule has 1 atom stereocenters. The van der Waals surface area contributed by atoms with Crippen molar-refractivity contribution in [3.8, 4) is 17.2 Å². The zero-order chi connectivity index (χ0) is 23.5. The summed E-state index contributed by atoms with van der Waals surface area (Å²) >= 11 is 0. The Hall–Kier alpha value is -4.00. The molecule has 1 N–H and O–H groups in total. The summed E-state index contributed by atoms with van der Waals surface area (Å²) in [5.41, 5.74) is 2.71. The third-order valence-electron chi connectivity index (χ3n) is 4.88. The van der Waals surface area contributed by atoms with Gasteiger partial charge in [-0.2, -0.15) is 0 Å². The van der Waals surface area contributed by atoms with Crippen molar-refractivity contribution in [2.45, 2.75) is 19.6 Å². The molecule has 0 spiro atoms. The fourth-order valence-electron chi connectivity index (χ4n) is 3.20. The van der Waals surface area contributed by atoms with Gasteiger partial charge in [-0.15, -0.1) is 0 Å². The molecule has 3 aromatic carbocycles. The summed E-state index contributed by atoms with van der Waals surface area (Å²) in [4.78, 5) is 17.3. The lowest BCUT2D eigenvalue weighted by Crippen LogP contribution is -2.29. The first-order valence-electron chi connectivity index (χ1n) is 10.5. The van der Waals surface area contributed by atoms with Gasteiger partial charge in [-0.1, -0.05) is 53.7 Å². The van der Waals surface area contributed by atoms with E-state index in [0.29, 0.717) is 18.1 Å². The van der Waals surface area contributed by atoms with Crippen molar-refractivity contribution >= 4 is 12.1 Å². The van der Waals surface area contributed by atoms with E-state index in [1.165, 1.54) is 6.21 Å². The highest BCUT2D eigenvalue weighted by Gasteiger charge is 2.13. The molecule has 0 heterocycles. The van der Waals surface area contributed by atoms with Crippen LogP contribution >= 0.6 is 0 Å². The minimum absolute atomic E-state index is 0.203. The molecule has 7 nitrogen and oxygen atoms in total. The molecule has 0 fully saturated rings. The number of carbonyl (C=O) groups is 1. The highest BCUT2D eigenvalue weighted by Crippen LogP contribution is 2.28. The number of nitrogens with zero attached hydrogens (tertiary/aromatic N) is 1. The summed E-state index contributed by atoms with van der Waals surface area (Å²) in [5, 5.41) is 6.76. The molecular formula is C26H28N2O5. The van der Waals surface area contributed by atoms with Crippen LogP contribution in [0.3, 0.4) is 0 Å². The standard InChI is InChI=1S/C26H28N2O5/c1-19(22-11-7-8-12-23(22)30-2)28-26(29)18-33-27-16-21-13-14-24(25(15-21)31-3)32-17-20-9-5-4-6-10-20/h4-16,19H,17-18H2,1-3H3,(H,28,29)/b27-16+. The number of hydrogen-bond donors (Lipinski definition) is 1. The zero-order valence-electron chi connectivity index (χ0n) is 19.0. The van der Waals surface area contributed by atoms with E-state index in [4.69, 9.17) is 19.0 Å². The van der Waals surface area contributed by atoms with Crippen LogP contribution in [0.5, 0.6) is 17.2 Å². The summed E-state index contributed by atoms with van der Waals surface area (Å²) in [7, 11) is 3.18. The van der Waals surface area contributed by atoms with Gasteiger partial charge >= 0.3 is 0 Å². The SMILES string of the molecule is COc1cc(/C=N/OCC(=O)NC(C)c2ccccc2OC)ccc1OCc1ccccc1.